The van der Waals surface area contributed by atoms with Crippen molar-refractivity contribution in [2.75, 3.05) is 0 Å². The standard InChI is InChI=1S/C22H27NO2/c1-2-18-11-15-21(16-12-18)25-22(24)20-13-9-19(10-14-20)8-6-4-3-5-7-17-23/h3-5,7,11-12,15-16,19-20H,2,6,8-10,13-14H2,1H3. The van der Waals surface area contributed by atoms with E-state index in [1.54, 1.807) is 6.08 Å². The first-order valence-electron chi connectivity index (χ1n) is 9.24. The van der Waals surface area contributed by atoms with E-state index >= 15 is 0 Å². The molecule has 3 nitrogen and oxygen atoms in total. The van der Waals surface area contributed by atoms with Gasteiger partial charge in [0.25, 0.3) is 0 Å². The van der Waals surface area contributed by atoms with Crippen LogP contribution in [0.1, 0.15) is 51.0 Å². The molecule has 25 heavy (non-hydrogen) atoms. The highest BCUT2D eigenvalue weighted by Crippen LogP contribution is 2.32. The van der Waals surface area contributed by atoms with Crippen LogP contribution in [0.25, 0.3) is 0 Å². The van der Waals surface area contributed by atoms with Crippen LogP contribution >= 0.6 is 0 Å². The first-order valence-corrected chi connectivity index (χ1v) is 9.24. The summed E-state index contributed by atoms with van der Waals surface area (Å²) in [4.78, 5) is 12.3. The Labute approximate surface area is 151 Å². The number of carbonyl (C=O) groups excluding carboxylic acids is 1. The van der Waals surface area contributed by atoms with Crippen molar-refractivity contribution < 1.29 is 9.53 Å². The molecule has 0 radical (unpaired) electrons. The maximum atomic E-state index is 12.3. The van der Waals surface area contributed by atoms with Crippen molar-refractivity contribution in [3.05, 3.63) is 54.1 Å². The summed E-state index contributed by atoms with van der Waals surface area (Å²) in [6, 6.07) is 9.76. The zero-order valence-corrected chi connectivity index (χ0v) is 15.0. The number of nitriles is 1. The summed E-state index contributed by atoms with van der Waals surface area (Å²) in [7, 11) is 0. The Hall–Kier alpha value is -2.34. The molecule has 1 aromatic carbocycles. The van der Waals surface area contributed by atoms with E-state index in [0.29, 0.717) is 11.7 Å². The molecule has 0 spiro atoms. The van der Waals surface area contributed by atoms with Crippen molar-refractivity contribution in [2.45, 2.75) is 51.9 Å². The predicted octanol–water partition coefficient (Wildman–Crippen LogP) is 5.38. The van der Waals surface area contributed by atoms with Gasteiger partial charge in [0, 0.05) is 6.08 Å². The summed E-state index contributed by atoms with van der Waals surface area (Å²) in [5.41, 5.74) is 1.25. The third kappa shape index (κ3) is 6.58. The van der Waals surface area contributed by atoms with Crippen LogP contribution in [-0.4, -0.2) is 5.97 Å². The Bertz CT molecular complexity index is 629. The number of aryl methyl sites for hydroxylation is 1. The summed E-state index contributed by atoms with van der Waals surface area (Å²) in [6.07, 6.45) is 14.5. The van der Waals surface area contributed by atoms with E-state index < -0.39 is 0 Å². The summed E-state index contributed by atoms with van der Waals surface area (Å²) in [6.45, 7) is 2.11. The van der Waals surface area contributed by atoms with Gasteiger partial charge in [-0.1, -0.05) is 37.3 Å². The largest absolute Gasteiger partial charge is 0.426 e. The SMILES string of the molecule is CCc1ccc(OC(=O)C2CCC(CCC=CC=CC#N)CC2)cc1. The zero-order chi connectivity index (χ0) is 17.9. The molecule has 0 heterocycles. The van der Waals surface area contributed by atoms with Gasteiger partial charge in [-0.15, -0.1) is 0 Å². The lowest BCUT2D eigenvalue weighted by atomic mass is 9.80. The van der Waals surface area contributed by atoms with Crippen LogP contribution in [0.2, 0.25) is 0 Å². The Morgan fingerprint density at radius 2 is 1.92 bits per heavy atom. The molecule has 1 aromatic rings. The lowest BCUT2D eigenvalue weighted by Gasteiger charge is -2.26. The minimum absolute atomic E-state index is 0.0382. The van der Waals surface area contributed by atoms with Gasteiger partial charge >= 0.3 is 5.97 Å². The van der Waals surface area contributed by atoms with Crippen molar-refractivity contribution in [1.82, 2.24) is 0 Å². The first kappa shape index (κ1) is 19.0. The van der Waals surface area contributed by atoms with Gasteiger partial charge in [-0.05, 0) is 68.6 Å². The number of carbonyl (C=O) groups is 1. The second-order valence-corrected chi connectivity index (χ2v) is 6.63. The van der Waals surface area contributed by atoms with E-state index in [-0.39, 0.29) is 11.9 Å². The van der Waals surface area contributed by atoms with E-state index in [1.807, 2.05) is 36.4 Å². The molecule has 3 heteroatoms. The quantitative estimate of drug-likeness (QED) is 0.290. The predicted molar refractivity (Wildman–Crippen MR) is 100 cm³/mol. The second-order valence-electron chi connectivity index (χ2n) is 6.63. The third-order valence-electron chi connectivity index (χ3n) is 4.89. The van der Waals surface area contributed by atoms with E-state index in [2.05, 4.69) is 13.0 Å². The lowest BCUT2D eigenvalue weighted by molar-refractivity contribution is -0.140. The number of esters is 1. The molecular weight excluding hydrogens is 310 g/mol. The fourth-order valence-corrected chi connectivity index (χ4v) is 3.28. The maximum Gasteiger partial charge on any atom is 0.314 e. The Morgan fingerprint density at radius 1 is 1.20 bits per heavy atom. The van der Waals surface area contributed by atoms with Crippen molar-refractivity contribution >= 4 is 5.97 Å². The van der Waals surface area contributed by atoms with Crippen LogP contribution in [0.3, 0.4) is 0 Å². The van der Waals surface area contributed by atoms with Crippen LogP contribution < -0.4 is 4.74 Å². The van der Waals surface area contributed by atoms with Crippen LogP contribution in [0.15, 0.2) is 48.6 Å². The molecule has 132 valence electrons. The van der Waals surface area contributed by atoms with Gasteiger partial charge in [-0.2, -0.15) is 5.26 Å². The molecule has 0 N–H and O–H groups in total. The van der Waals surface area contributed by atoms with E-state index in [1.165, 1.54) is 11.6 Å². The van der Waals surface area contributed by atoms with Gasteiger partial charge in [0.1, 0.15) is 5.75 Å². The summed E-state index contributed by atoms with van der Waals surface area (Å²) < 4.78 is 5.54. The topological polar surface area (TPSA) is 50.1 Å². The summed E-state index contributed by atoms with van der Waals surface area (Å²) in [5, 5.41) is 8.40. The number of allylic oxidation sites excluding steroid dienone is 4. The Balaban J connectivity index is 1.70. The highest BCUT2D eigenvalue weighted by Gasteiger charge is 2.27. The number of benzene rings is 1. The fourth-order valence-electron chi connectivity index (χ4n) is 3.28. The normalized spacial score (nSPS) is 20.6. The highest BCUT2D eigenvalue weighted by molar-refractivity contribution is 5.75. The fraction of sp³-hybridized carbons (Fsp3) is 0.455. The van der Waals surface area contributed by atoms with Gasteiger partial charge in [0.15, 0.2) is 0 Å². The van der Waals surface area contributed by atoms with Gasteiger partial charge in [-0.25, -0.2) is 0 Å². The molecule has 0 aliphatic heterocycles. The van der Waals surface area contributed by atoms with Gasteiger partial charge in [0.2, 0.25) is 0 Å². The highest BCUT2D eigenvalue weighted by atomic mass is 16.5. The molecule has 0 saturated heterocycles. The van der Waals surface area contributed by atoms with E-state index in [9.17, 15) is 4.79 Å². The summed E-state index contributed by atoms with van der Waals surface area (Å²) in [5.74, 6) is 1.30. The maximum absolute atomic E-state index is 12.3. The number of nitrogens with zero attached hydrogens (tertiary/aromatic N) is 1. The van der Waals surface area contributed by atoms with Crippen molar-refractivity contribution in [1.29, 1.82) is 5.26 Å². The number of hydrogen-bond donors (Lipinski definition) is 0. The van der Waals surface area contributed by atoms with Gasteiger partial charge < -0.3 is 4.74 Å². The molecule has 0 unspecified atom stereocenters. The van der Waals surface area contributed by atoms with Crippen molar-refractivity contribution in [3.8, 4) is 11.8 Å². The zero-order valence-electron chi connectivity index (χ0n) is 15.0. The van der Waals surface area contributed by atoms with Crippen LogP contribution in [-0.2, 0) is 11.2 Å². The molecule has 0 bridgehead atoms. The van der Waals surface area contributed by atoms with Crippen molar-refractivity contribution in [3.63, 3.8) is 0 Å². The molecule has 0 aromatic heterocycles. The molecule has 2 rings (SSSR count). The minimum Gasteiger partial charge on any atom is -0.426 e. The molecule has 0 atom stereocenters. The number of rotatable bonds is 7. The van der Waals surface area contributed by atoms with Crippen LogP contribution in [0, 0.1) is 23.2 Å². The number of ether oxygens (including phenoxy) is 1. The second kappa shape index (κ2) is 10.5. The molecular formula is C22H27NO2. The average molecular weight is 337 g/mol. The van der Waals surface area contributed by atoms with Crippen LogP contribution in [0.4, 0.5) is 0 Å². The molecule has 1 saturated carbocycles. The van der Waals surface area contributed by atoms with E-state index in [4.69, 9.17) is 10.00 Å². The Kier molecular flexibility index (Phi) is 7.98. The van der Waals surface area contributed by atoms with Crippen molar-refractivity contribution in [2.24, 2.45) is 11.8 Å². The minimum atomic E-state index is -0.0794. The third-order valence-corrected chi connectivity index (χ3v) is 4.89. The van der Waals surface area contributed by atoms with E-state index in [0.717, 1.165) is 44.9 Å². The monoisotopic (exact) mass is 337 g/mol. The molecule has 0 amide bonds. The smallest absolute Gasteiger partial charge is 0.314 e. The summed E-state index contributed by atoms with van der Waals surface area (Å²) >= 11 is 0. The van der Waals surface area contributed by atoms with Gasteiger partial charge in [0.05, 0.1) is 12.0 Å². The van der Waals surface area contributed by atoms with Crippen LogP contribution in [0.5, 0.6) is 5.75 Å². The average Bonchev–Trinajstić information content (AvgIpc) is 2.65. The Morgan fingerprint density at radius 3 is 2.56 bits per heavy atom. The molecule has 1 fully saturated rings. The first-order chi connectivity index (χ1) is 12.2. The molecule has 1 aliphatic rings. The number of hydrogen-bond acceptors (Lipinski definition) is 3. The molecule has 1 aliphatic carbocycles. The lowest BCUT2D eigenvalue weighted by Crippen LogP contribution is -2.25. The van der Waals surface area contributed by atoms with Gasteiger partial charge in [-0.3, -0.25) is 4.79 Å².